The zero-order valence-electron chi connectivity index (χ0n) is 12.3. The summed E-state index contributed by atoms with van der Waals surface area (Å²) in [6.07, 6.45) is 3.09. The number of pyridine rings is 1. The number of hydrogen-bond acceptors (Lipinski definition) is 6. The summed E-state index contributed by atoms with van der Waals surface area (Å²) >= 11 is 0. The largest absolute Gasteiger partial charge is 0.390 e. The van der Waals surface area contributed by atoms with Crippen molar-refractivity contribution in [3.63, 3.8) is 0 Å². The Labute approximate surface area is 131 Å². The van der Waals surface area contributed by atoms with Crippen LogP contribution in [0.15, 0.2) is 46.4 Å². The van der Waals surface area contributed by atoms with Crippen LogP contribution in [0.5, 0.6) is 0 Å². The fourth-order valence-corrected chi connectivity index (χ4v) is 2.46. The number of ether oxygens (including phenoxy) is 2. The first kappa shape index (κ1) is 15.6. The van der Waals surface area contributed by atoms with Gasteiger partial charge in [0.15, 0.2) is 0 Å². The van der Waals surface area contributed by atoms with Crippen molar-refractivity contribution in [3.05, 3.63) is 63.2 Å². The topological polar surface area (TPSA) is 106 Å². The van der Waals surface area contributed by atoms with Gasteiger partial charge >= 0.3 is 5.69 Å². The predicted molar refractivity (Wildman–Crippen MR) is 79.7 cm³/mol. The lowest BCUT2D eigenvalue weighted by molar-refractivity contribution is -0.0667. The number of rotatable bonds is 5. The van der Waals surface area contributed by atoms with E-state index in [4.69, 9.17) is 9.47 Å². The van der Waals surface area contributed by atoms with Crippen molar-refractivity contribution in [2.45, 2.75) is 31.5 Å². The van der Waals surface area contributed by atoms with Crippen LogP contribution in [0.2, 0.25) is 0 Å². The van der Waals surface area contributed by atoms with E-state index in [1.807, 2.05) is 12.1 Å². The van der Waals surface area contributed by atoms with Crippen molar-refractivity contribution < 1.29 is 14.6 Å². The van der Waals surface area contributed by atoms with Crippen LogP contribution in [0.4, 0.5) is 0 Å². The van der Waals surface area contributed by atoms with Crippen molar-refractivity contribution in [1.82, 2.24) is 14.5 Å². The molecule has 1 aliphatic heterocycles. The van der Waals surface area contributed by atoms with E-state index >= 15 is 0 Å². The van der Waals surface area contributed by atoms with E-state index in [1.54, 1.807) is 12.4 Å². The maximum Gasteiger partial charge on any atom is 0.330 e. The molecule has 1 saturated heterocycles. The SMILES string of the molecule is O=c1ccn([C@H]2C[C@H](O)[C@@H](COCc3ccncc3)O2)c(=O)[nH]1. The van der Waals surface area contributed by atoms with Gasteiger partial charge < -0.3 is 14.6 Å². The molecule has 0 saturated carbocycles. The number of nitrogens with zero attached hydrogens (tertiary/aromatic N) is 2. The molecule has 0 spiro atoms. The van der Waals surface area contributed by atoms with Crippen LogP contribution >= 0.6 is 0 Å². The monoisotopic (exact) mass is 319 g/mol. The molecule has 2 N–H and O–H groups in total. The molecule has 3 heterocycles. The summed E-state index contributed by atoms with van der Waals surface area (Å²) in [5.41, 5.74) is -0.0593. The summed E-state index contributed by atoms with van der Waals surface area (Å²) < 4.78 is 12.5. The predicted octanol–water partition coefficient (Wildman–Crippen LogP) is -0.203. The highest BCUT2D eigenvalue weighted by Gasteiger charge is 2.35. The average molecular weight is 319 g/mol. The minimum Gasteiger partial charge on any atom is -0.390 e. The van der Waals surface area contributed by atoms with Gasteiger partial charge in [-0.05, 0) is 17.7 Å². The molecule has 8 heteroatoms. The standard InChI is InChI=1S/C15H17N3O5/c19-11-7-14(18-6-3-13(20)17-15(18)21)23-12(11)9-22-8-10-1-4-16-5-2-10/h1-6,11-12,14,19H,7-9H2,(H,17,20,21)/t11-,12+,14+/m0/s1. The Morgan fingerprint density at radius 3 is 2.87 bits per heavy atom. The Bertz CT molecular complexity index is 757. The number of nitrogens with one attached hydrogen (secondary N) is 1. The molecule has 8 nitrogen and oxygen atoms in total. The highest BCUT2D eigenvalue weighted by atomic mass is 16.6. The fraction of sp³-hybridized carbons (Fsp3) is 0.400. The van der Waals surface area contributed by atoms with E-state index in [0.29, 0.717) is 6.61 Å². The Morgan fingerprint density at radius 2 is 2.13 bits per heavy atom. The third-order valence-corrected chi connectivity index (χ3v) is 3.67. The minimum atomic E-state index is -0.740. The Hall–Kier alpha value is -2.29. The number of aliphatic hydroxyl groups is 1. The number of aliphatic hydroxyl groups excluding tert-OH is 1. The average Bonchev–Trinajstić information content (AvgIpc) is 2.89. The quantitative estimate of drug-likeness (QED) is 0.790. The molecular formula is C15H17N3O5. The number of aromatic amines is 1. The first-order valence-electron chi connectivity index (χ1n) is 7.25. The molecule has 23 heavy (non-hydrogen) atoms. The molecule has 1 aliphatic rings. The first-order valence-corrected chi connectivity index (χ1v) is 7.25. The van der Waals surface area contributed by atoms with Crippen molar-refractivity contribution >= 4 is 0 Å². The van der Waals surface area contributed by atoms with Gasteiger partial charge in [0.1, 0.15) is 12.3 Å². The Kier molecular flexibility index (Phi) is 4.65. The van der Waals surface area contributed by atoms with E-state index < -0.39 is 29.7 Å². The van der Waals surface area contributed by atoms with Gasteiger partial charge in [0.2, 0.25) is 0 Å². The summed E-state index contributed by atoms with van der Waals surface area (Å²) in [5.74, 6) is 0. The van der Waals surface area contributed by atoms with Crippen LogP contribution in [-0.4, -0.2) is 38.5 Å². The smallest absolute Gasteiger partial charge is 0.330 e. The maximum atomic E-state index is 11.7. The number of H-pyrrole nitrogens is 1. The Balaban J connectivity index is 1.58. The second kappa shape index (κ2) is 6.86. The van der Waals surface area contributed by atoms with Gasteiger partial charge in [-0.3, -0.25) is 19.3 Å². The number of hydrogen-bond donors (Lipinski definition) is 2. The molecule has 2 aromatic heterocycles. The van der Waals surface area contributed by atoms with Gasteiger partial charge in [-0.25, -0.2) is 4.79 Å². The molecule has 0 bridgehead atoms. The lowest BCUT2D eigenvalue weighted by atomic mass is 10.2. The molecule has 3 rings (SSSR count). The third-order valence-electron chi connectivity index (χ3n) is 3.67. The summed E-state index contributed by atoms with van der Waals surface area (Å²) in [5, 5.41) is 10.1. The van der Waals surface area contributed by atoms with Crippen molar-refractivity contribution in [2.75, 3.05) is 6.61 Å². The Morgan fingerprint density at radius 1 is 1.35 bits per heavy atom. The van der Waals surface area contributed by atoms with E-state index in [2.05, 4.69) is 9.97 Å². The molecular weight excluding hydrogens is 302 g/mol. The maximum absolute atomic E-state index is 11.7. The van der Waals surface area contributed by atoms with E-state index in [0.717, 1.165) is 5.56 Å². The van der Waals surface area contributed by atoms with Gasteiger partial charge in [-0.1, -0.05) is 0 Å². The second-order valence-electron chi connectivity index (χ2n) is 5.32. The molecule has 2 aromatic rings. The summed E-state index contributed by atoms with van der Waals surface area (Å²) in [6.45, 7) is 0.594. The highest BCUT2D eigenvalue weighted by molar-refractivity contribution is 5.07. The normalized spacial score (nSPS) is 24.0. The van der Waals surface area contributed by atoms with Crippen LogP contribution in [0.3, 0.4) is 0 Å². The molecule has 1 fully saturated rings. The highest BCUT2D eigenvalue weighted by Crippen LogP contribution is 2.27. The summed E-state index contributed by atoms with van der Waals surface area (Å²) in [6, 6.07) is 4.92. The lowest BCUT2D eigenvalue weighted by Crippen LogP contribution is -2.31. The lowest BCUT2D eigenvalue weighted by Gasteiger charge is -2.16. The van der Waals surface area contributed by atoms with Crippen LogP contribution in [0, 0.1) is 0 Å². The van der Waals surface area contributed by atoms with E-state index in [1.165, 1.54) is 16.8 Å². The van der Waals surface area contributed by atoms with Crippen molar-refractivity contribution in [1.29, 1.82) is 0 Å². The van der Waals surface area contributed by atoms with Crippen molar-refractivity contribution in [3.8, 4) is 0 Å². The zero-order chi connectivity index (χ0) is 16.2. The van der Waals surface area contributed by atoms with Crippen LogP contribution in [-0.2, 0) is 16.1 Å². The van der Waals surface area contributed by atoms with Crippen LogP contribution in [0.1, 0.15) is 18.2 Å². The molecule has 3 atom stereocenters. The molecule has 0 amide bonds. The van der Waals surface area contributed by atoms with Gasteiger partial charge in [-0.15, -0.1) is 0 Å². The molecule has 0 aromatic carbocycles. The minimum absolute atomic E-state index is 0.206. The molecule has 0 aliphatic carbocycles. The van der Waals surface area contributed by atoms with Crippen molar-refractivity contribution in [2.24, 2.45) is 0 Å². The third kappa shape index (κ3) is 3.73. The summed E-state index contributed by atoms with van der Waals surface area (Å²) in [4.78, 5) is 28.9. The van der Waals surface area contributed by atoms with Gasteiger partial charge in [0, 0.05) is 31.1 Å². The number of aromatic nitrogens is 3. The van der Waals surface area contributed by atoms with Gasteiger partial charge in [-0.2, -0.15) is 0 Å². The van der Waals surface area contributed by atoms with Gasteiger partial charge in [0.25, 0.3) is 5.56 Å². The first-order chi connectivity index (χ1) is 11.1. The fourth-order valence-electron chi connectivity index (χ4n) is 2.46. The van der Waals surface area contributed by atoms with E-state index in [-0.39, 0.29) is 13.0 Å². The zero-order valence-corrected chi connectivity index (χ0v) is 12.3. The molecule has 0 radical (unpaired) electrons. The van der Waals surface area contributed by atoms with Crippen LogP contribution in [0.25, 0.3) is 0 Å². The van der Waals surface area contributed by atoms with Crippen LogP contribution < -0.4 is 11.2 Å². The summed E-state index contributed by atoms with van der Waals surface area (Å²) in [7, 11) is 0. The molecule has 0 unspecified atom stereocenters. The van der Waals surface area contributed by atoms with Gasteiger partial charge in [0.05, 0.1) is 19.3 Å². The second-order valence-corrected chi connectivity index (χ2v) is 5.32. The molecule has 122 valence electrons. The van der Waals surface area contributed by atoms with E-state index in [9.17, 15) is 14.7 Å².